The van der Waals surface area contributed by atoms with Gasteiger partial charge in [-0.1, -0.05) is 0 Å². The van der Waals surface area contributed by atoms with E-state index in [0.29, 0.717) is 0 Å². The molecule has 0 fully saturated rings. The topological polar surface area (TPSA) is 76.0 Å². The molecule has 1 aliphatic heterocycles. The van der Waals surface area contributed by atoms with Gasteiger partial charge in [-0.05, 0) is 6.92 Å². The van der Waals surface area contributed by atoms with Crippen LogP contribution in [0.15, 0.2) is 11.5 Å². The van der Waals surface area contributed by atoms with Gasteiger partial charge < -0.3 is 19.7 Å². The fourth-order valence-corrected chi connectivity index (χ4v) is 0.705. The van der Waals surface area contributed by atoms with Gasteiger partial charge in [0.25, 0.3) is 6.29 Å². The molecule has 0 saturated heterocycles. The number of hydrogen-bond acceptors (Lipinski definition) is 5. The van der Waals surface area contributed by atoms with Crippen molar-refractivity contribution < 1.29 is 24.5 Å². The van der Waals surface area contributed by atoms with Gasteiger partial charge in [0.2, 0.25) is 11.5 Å². The Balaban J connectivity index is 2.79. The van der Waals surface area contributed by atoms with E-state index in [0.717, 1.165) is 0 Å². The van der Waals surface area contributed by atoms with Crippen LogP contribution < -0.4 is 0 Å². The van der Waals surface area contributed by atoms with Crippen LogP contribution >= 0.6 is 0 Å². The van der Waals surface area contributed by atoms with E-state index in [1.165, 1.54) is 0 Å². The average Bonchev–Trinajstić information content (AvgIpc) is 2.17. The van der Waals surface area contributed by atoms with Crippen molar-refractivity contribution in [2.24, 2.45) is 0 Å². The zero-order valence-corrected chi connectivity index (χ0v) is 5.90. The predicted molar refractivity (Wildman–Crippen MR) is 33.4 cm³/mol. The summed E-state index contributed by atoms with van der Waals surface area (Å²) in [7, 11) is 0. The molecule has 1 aliphatic rings. The summed E-state index contributed by atoms with van der Waals surface area (Å²) in [6.07, 6.45) is -1.57. The lowest BCUT2D eigenvalue weighted by molar-refractivity contribution is -0.156. The summed E-state index contributed by atoms with van der Waals surface area (Å²) in [4.78, 5) is 10.7. The van der Waals surface area contributed by atoms with Gasteiger partial charge in [-0.25, -0.2) is 4.79 Å². The minimum atomic E-state index is -1.57. The molecule has 0 aromatic carbocycles. The highest BCUT2D eigenvalue weighted by Gasteiger charge is 2.34. The first kappa shape index (κ1) is 7.87. The van der Waals surface area contributed by atoms with Gasteiger partial charge in [-0.3, -0.25) is 0 Å². The fourth-order valence-electron chi connectivity index (χ4n) is 0.705. The molecule has 62 valence electrons. The quantitative estimate of drug-likeness (QED) is 0.541. The molecule has 5 nitrogen and oxygen atoms in total. The van der Waals surface area contributed by atoms with Crippen LogP contribution in [-0.2, 0) is 14.3 Å². The second-order valence-electron chi connectivity index (χ2n) is 1.91. The second kappa shape index (κ2) is 2.79. The number of rotatable bonds is 2. The first-order valence-corrected chi connectivity index (χ1v) is 3.11. The van der Waals surface area contributed by atoms with Crippen molar-refractivity contribution in [2.75, 3.05) is 6.61 Å². The molecule has 1 unspecified atom stereocenters. The van der Waals surface area contributed by atoms with Crippen molar-refractivity contribution in [1.82, 2.24) is 0 Å². The van der Waals surface area contributed by atoms with Crippen LogP contribution in [-0.4, -0.2) is 29.1 Å². The van der Waals surface area contributed by atoms with Crippen molar-refractivity contribution in [2.45, 2.75) is 13.2 Å². The van der Waals surface area contributed by atoms with Crippen molar-refractivity contribution in [1.29, 1.82) is 0 Å². The first-order valence-electron chi connectivity index (χ1n) is 3.11. The second-order valence-corrected chi connectivity index (χ2v) is 1.91. The number of cyclic esters (lactones) is 1. The van der Waals surface area contributed by atoms with E-state index in [-0.39, 0.29) is 12.4 Å². The molecule has 5 heteroatoms. The summed E-state index contributed by atoms with van der Waals surface area (Å²) in [5.41, 5.74) is 0. The van der Waals surface area contributed by atoms with Crippen LogP contribution in [0.5, 0.6) is 0 Å². The maximum atomic E-state index is 10.7. The molecule has 11 heavy (non-hydrogen) atoms. The molecule has 0 aromatic heterocycles. The highest BCUT2D eigenvalue weighted by atomic mass is 16.7. The van der Waals surface area contributed by atoms with Gasteiger partial charge in [0.15, 0.2) is 0 Å². The van der Waals surface area contributed by atoms with Crippen LogP contribution in [0.2, 0.25) is 0 Å². The standard InChI is InChI=1S/C6H8O5/c1-2-10-4-3(7)5(8)11-6(4)9/h5,7-8H,2H2,1H3. The van der Waals surface area contributed by atoms with E-state index in [9.17, 15) is 4.79 Å². The Morgan fingerprint density at radius 3 is 2.73 bits per heavy atom. The molecule has 0 bridgehead atoms. The number of ether oxygens (including phenoxy) is 2. The minimum absolute atomic E-state index is 0.237. The predicted octanol–water partition coefficient (Wildman–Crippen LogP) is -0.332. The molecular formula is C6H8O5. The highest BCUT2D eigenvalue weighted by molar-refractivity contribution is 5.89. The van der Waals surface area contributed by atoms with Gasteiger partial charge in [-0.2, -0.15) is 0 Å². The molecule has 2 N–H and O–H groups in total. The summed E-state index contributed by atoms with van der Waals surface area (Å²) in [5, 5.41) is 17.7. The van der Waals surface area contributed by atoms with E-state index in [4.69, 9.17) is 14.9 Å². The SMILES string of the molecule is CCOC1=C(O)C(O)OC1=O. The van der Waals surface area contributed by atoms with Crippen molar-refractivity contribution >= 4 is 5.97 Å². The van der Waals surface area contributed by atoms with Crippen molar-refractivity contribution in [3.8, 4) is 0 Å². The van der Waals surface area contributed by atoms with Gasteiger partial charge >= 0.3 is 5.97 Å². The molecule has 0 aromatic rings. The number of aliphatic hydroxyl groups excluding tert-OH is 2. The number of esters is 1. The Morgan fingerprint density at radius 1 is 1.73 bits per heavy atom. The zero-order chi connectivity index (χ0) is 8.43. The van der Waals surface area contributed by atoms with Crippen molar-refractivity contribution in [3.63, 3.8) is 0 Å². The lowest BCUT2D eigenvalue weighted by Crippen LogP contribution is -2.09. The third kappa shape index (κ3) is 1.27. The van der Waals surface area contributed by atoms with Gasteiger partial charge in [-0.15, -0.1) is 0 Å². The monoisotopic (exact) mass is 160 g/mol. The molecule has 0 aliphatic carbocycles. The van der Waals surface area contributed by atoms with E-state index >= 15 is 0 Å². The van der Waals surface area contributed by atoms with Crippen LogP contribution in [0.4, 0.5) is 0 Å². The maximum Gasteiger partial charge on any atom is 0.380 e. The Morgan fingerprint density at radius 2 is 2.36 bits per heavy atom. The largest absolute Gasteiger partial charge is 0.503 e. The summed E-state index contributed by atoms with van der Waals surface area (Å²) < 4.78 is 8.90. The summed E-state index contributed by atoms with van der Waals surface area (Å²) in [6.45, 7) is 1.89. The Hall–Kier alpha value is -1.23. The van der Waals surface area contributed by atoms with Crippen LogP contribution in [0.3, 0.4) is 0 Å². The van der Waals surface area contributed by atoms with E-state index < -0.39 is 18.0 Å². The fraction of sp³-hybridized carbons (Fsp3) is 0.500. The molecule has 1 heterocycles. The Bertz CT molecular complexity index is 207. The summed E-state index contributed by atoms with van der Waals surface area (Å²) in [6, 6.07) is 0. The van der Waals surface area contributed by atoms with Crippen LogP contribution in [0.1, 0.15) is 6.92 Å². The number of carbonyl (C=O) groups excluding carboxylic acids is 1. The average molecular weight is 160 g/mol. The molecule has 0 radical (unpaired) electrons. The van der Waals surface area contributed by atoms with Gasteiger partial charge in [0.05, 0.1) is 6.61 Å². The number of carbonyl (C=O) groups is 1. The number of aliphatic hydroxyl groups is 2. The molecule has 0 saturated carbocycles. The zero-order valence-electron chi connectivity index (χ0n) is 5.90. The third-order valence-electron chi connectivity index (χ3n) is 1.16. The van der Waals surface area contributed by atoms with E-state index in [1.54, 1.807) is 6.92 Å². The third-order valence-corrected chi connectivity index (χ3v) is 1.16. The Kier molecular flexibility index (Phi) is 2.00. The molecule has 1 rings (SSSR count). The molecule has 0 amide bonds. The van der Waals surface area contributed by atoms with Gasteiger partial charge in [0, 0.05) is 0 Å². The van der Waals surface area contributed by atoms with Crippen molar-refractivity contribution in [3.05, 3.63) is 11.5 Å². The maximum absolute atomic E-state index is 10.7. The summed E-state index contributed by atoms with van der Waals surface area (Å²) >= 11 is 0. The van der Waals surface area contributed by atoms with Crippen LogP contribution in [0.25, 0.3) is 0 Å². The van der Waals surface area contributed by atoms with E-state index in [1.807, 2.05) is 0 Å². The number of hydrogen-bond donors (Lipinski definition) is 2. The Labute approximate surface area is 62.8 Å². The smallest absolute Gasteiger partial charge is 0.380 e. The molecular weight excluding hydrogens is 152 g/mol. The van der Waals surface area contributed by atoms with Crippen LogP contribution in [0, 0.1) is 0 Å². The lowest BCUT2D eigenvalue weighted by Gasteiger charge is -1.98. The first-order chi connectivity index (χ1) is 5.16. The van der Waals surface area contributed by atoms with Gasteiger partial charge in [0.1, 0.15) is 0 Å². The molecule has 0 spiro atoms. The summed E-state index contributed by atoms with van der Waals surface area (Å²) in [5.74, 6) is -1.70. The minimum Gasteiger partial charge on any atom is -0.503 e. The molecule has 1 atom stereocenters. The highest BCUT2D eigenvalue weighted by Crippen LogP contribution is 2.19. The normalized spacial score (nSPS) is 23.8. The van der Waals surface area contributed by atoms with E-state index in [2.05, 4.69) is 4.74 Å². The lowest BCUT2D eigenvalue weighted by atomic mass is 10.4.